The van der Waals surface area contributed by atoms with Crippen molar-refractivity contribution in [2.24, 2.45) is 0 Å². The Morgan fingerprint density at radius 2 is 1.86 bits per heavy atom. The molecule has 2 aromatic carbocycles. The quantitative estimate of drug-likeness (QED) is 0.792. The van der Waals surface area contributed by atoms with Crippen LogP contribution in [-0.2, 0) is 14.4 Å². The summed E-state index contributed by atoms with van der Waals surface area (Å²) in [5, 5.41) is 18.9. The van der Waals surface area contributed by atoms with E-state index in [1.54, 1.807) is 6.07 Å². The fraction of sp³-hybridized carbons (Fsp3) is 0.150. The van der Waals surface area contributed by atoms with Gasteiger partial charge in [0.15, 0.2) is 18.1 Å². The summed E-state index contributed by atoms with van der Waals surface area (Å²) in [5.41, 5.74) is 0.528. The molecular formula is C20H16FNO6. The third kappa shape index (κ3) is 3.57. The molecule has 0 fully saturated rings. The summed E-state index contributed by atoms with van der Waals surface area (Å²) in [7, 11) is 0. The van der Waals surface area contributed by atoms with Gasteiger partial charge in [0.2, 0.25) is 0 Å². The van der Waals surface area contributed by atoms with E-state index in [4.69, 9.17) is 9.84 Å². The first-order valence-electron chi connectivity index (χ1n) is 8.27. The normalized spacial score (nSPS) is 16.4. The number of aliphatic hydroxyl groups is 1. The summed E-state index contributed by atoms with van der Waals surface area (Å²) in [4.78, 5) is 36.5. The summed E-state index contributed by atoms with van der Waals surface area (Å²) >= 11 is 0. The molecule has 7 nitrogen and oxygen atoms in total. The number of halogens is 1. The number of carboxylic acid groups (broad SMARTS) is 1. The second-order valence-electron chi connectivity index (χ2n) is 6.13. The number of Topliss-reactive ketones (excluding diaryl/α,β-unsaturated/α-hetero) is 1. The van der Waals surface area contributed by atoms with Crippen molar-refractivity contribution in [1.82, 2.24) is 0 Å². The Morgan fingerprint density at radius 1 is 1.18 bits per heavy atom. The average molecular weight is 385 g/mol. The van der Waals surface area contributed by atoms with Gasteiger partial charge in [0.25, 0.3) is 5.91 Å². The molecule has 0 aromatic heterocycles. The van der Waals surface area contributed by atoms with Crippen LogP contribution in [-0.4, -0.2) is 34.5 Å². The highest BCUT2D eigenvalue weighted by atomic mass is 19.1. The molecule has 0 spiro atoms. The number of ketones is 1. The van der Waals surface area contributed by atoms with Gasteiger partial charge in [0, 0.05) is 5.69 Å². The summed E-state index contributed by atoms with van der Waals surface area (Å²) in [6.07, 6.45) is 0. The second kappa shape index (κ2) is 7.51. The number of benzene rings is 2. The summed E-state index contributed by atoms with van der Waals surface area (Å²) in [6.45, 7) is 0.697. The van der Waals surface area contributed by atoms with E-state index in [9.17, 15) is 23.9 Å². The standard InChI is InChI=1S/C20H16FNO6/c1-11(23)17-18(12-3-2-4-13(21)9-12)22(20(27)19(17)26)14-5-7-15(8-6-14)28-10-16(24)25/h2-9,18,26H,10H2,1H3,(H,24,25)/t18-/m0/s1. The Labute approximate surface area is 159 Å². The first-order chi connectivity index (χ1) is 13.3. The second-order valence-corrected chi connectivity index (χ2v) is 6.13. The maximum absolute atomic E-state index is 13.7. The lowest BCUT2D eigenvalue weighted by molar-refractivity contribution is -0.139. The maximum Gasteiger partial charge on any atom is 0.341 e. The van der Waals surface area contributed by atoms with Crippen molar-refractivity contribution in [2.45, 2.75) is 13.0 Å². The number of amides is 1. The maximum atomic E-state index is 13.7. The van der Waals surface area contributed by atoms with Crippen LogP contribution in [0.2, 0.25) is 0 Å². The van der Waals surface area contributed by atoms with Gasteiger partial charge in [-0.25, -0.2) is 9.18 Å². The molecule has 8 heteroatoms. The molecule has 1 atom stereocenters. The Kier molecular flexibility index (Phi) is 5.12. The zero-order valence-corrected chi connectivity index (χ0v) is 14.8. The van der Waals surface area contributed by atoms with Gasteiger partial charge in [-0.15, -0.1) is 0 Å². The molecule has 0 radical (unpaired) electrons. The van der Waals surface area contributed by atoms with Gasteiger partial charge < -0.3 is 14.9 Å². The number of anilines is 1. The number of ether oxygens (including phenoxy) is 1. The number of carbonyl (C=O) groups excluding carboxylic acids is 2. The summed E-state index contributed by atoms with van der Waals surface area (Å²) in [6, 6.07) is 10.3. The van der Waals surface area contributed by atoms with Gasteiger partial charge >= 0.3 is 5.97 Å². The van der Waals surface area contributed by atoms with Crippen LogP contribution in [0, 0.1) is 5.82 Å². The van der Waals surface area contributed by atoms with Crippen LogP contribution in [0.3, 0.4) is 0 Å². The molecule has 28 heavy (non-hydrogen) atoms. The van der Waals surface area contributed by atoms with E-state index in [-0.39, 0.29) is 11.3 Å². The van der Waals surface area contributed by atoms with Gasteiger partial charge in [-0.1, -0.05) is 12.1 Å². The van der Waals surface area contributed by atoms with E-state index in [2.05, 4.69) is 0 Å². The molecule has 0 bridgehead atoms. The Bertz CT molecular complexity index is 982. The van der Waals surface area contributed by atoms with Gasteiger partial charge in [-0.2, -0.15) is 0 Å². The van der Waals surface area contributed by atoms with Crippen LogP contribution in [0.25, 0.3) is 0 Å². The van der Waals surface area contributed by atoms with Crippen LogP contribution in [0.1, 0.15) is 18.5 Å². The number of aliphatic carboxylic acids is 1. The number of aliphatic hydroxyl groups excluding tert-OH is 1. The van der Waals surface area contributed by atoms with Crippen molar-refractivity contribution in [3.05, 3.63) is 71.2 Å². The van der Waals surface area contributed by atoms with Crippen molar-refractivity contribution in [3.8, 4) is 5.75 Å². The molecule has 1 heterocycles. The minimum atomic E-state index is -1.13. The molecule has 0 saturated heterocycles. The highest BCUT2D eigenvalue weighted by Gasteiger charge is 2.43. The number of carboxylic acids is 1. The highest BCUT2D eigenvalue weighted by Crippen LogP contribution is 2.41. The number of hydrogen-bond acceptors (Lipinski definition) is 5. The number of carbonyl (C=O) groups is 3. The Hall–Kier alpha value is -3.68. The topological polar surface area (TPSA) is 104 Å². The van der Waals surface area contributed by atoms with Crippen molar-refractivity contribution < 1.29 is 33.7 Å². The molecule has 1 aliphatic rings. The fourth-order valence-corrected chi connectivity index (χ4v) is 3.07. The Balaban J connectivity index is 2.02. The van der Waals surface area contributed by atoms with E-state index in [1.165, 1.54) is 54.3 Å². The monoisotopic (exact) mass is 385 g/mol. The van der Waals surface area contributed by atoms with E-state index in [0.717, 1.165) is 0 Å². The predicted molar refractivity (Wildman–Crippen MR) is 96.5 cm³/mol. The van der Waals surface area contributed by atoms with Crippen LogP contribution >= 0.6 is 0 Å². The van der Waals surface area contributed by atoms with Gasteiger partial charge in [-0.3, -0.25) is 14.5 Å². The van der Waals surface area contributed by atoms with Crippen LogP contribution in [0.5, 0.6) is 5.75 Å². The van der Waals surface area contributed by atoms with E-state index in [1.807, 2.05) is 0 Å². The largest absolute Gasteiger partial charge is 0.503 e. The van der Waals surface area contributed by atoms with E-state index >= 15 is 0 Å². The van der Waals surface area contributed by atoms with E-state index in [0.29, 0.717) is 11.3 Å². The van der Waals surface area contributed by atoms with Gasteiger partial charge in [-0.05, 0) is 48.9 Å². The average Bonchev–Trinajstić information content (AvgIpc) is 2.92. The lowest BCUT2D eigenvalue weighted by Crippen LogP contribution is -2.30. The lowest BCUT2D eigenvalue weighted by atomic mass is 9.96. The SMILES string of the molecule is CC(=O)C1=C(O)C(=O)N(c2ccc(OCC(=O)O)cc2)[C@H]1c1cccc(F)c1. The van der Waals surface area contributed by atoms with Gasteiger partial charge in [0.1, 0.15) is 11.6 Å². The molecule has 1 aliphatic heterocycles. The summed E-state index contributed by atoms with van der Waals surface area (Å²) in [5.74, 6) is -3.40. The third-order valence-electron chi connectivity index (χ3n) is 4.23. The smallest absolute Gasteiger partial charge is 0.341 e. The molecule has 0 unspecified atom stereocenters. The van der Waals surface area contributed by atoms with Crippen LogP contribution < -0.4 is 9.64 Å². The van der Waals surface area contributed by atoms with Crippen molar-refractivity contribution in [1.29, 1.82) is 0 Å². The highest BCUT2D eigenvalue weighted by molar-refractivity contribution is 6.16. The first-order valence-corrected chi connectivity index (χ1v) is 8.27. The lowest BCUT2D eigenvalue weighted by Gasteiger charge is -2.26. The number of rotatable bonds is 6. The molecule has 144 valence electrons. The van der Waals surface area contributed by atoms with Crippen LogP contribution in [0.15, 0.2) is 59.9 Å². The first kappa shape index (κ1) is 19.1. The third-order valence-corrected chi connectivity index (χ3v) is 4.23. The van der Waals surface area contributed by atoms with Crippen molar-refractivity contribution in [3.63, 3.8) is 0 Å². The van der Waals surface area contributed by atoms with Gasteiger partial charge in [0.05, 0.1) is 11.6 Å². The van der Waals surface area contributed by atoms with E-state index < -0.39 is 41.9 Å². The predicted octanol–water partition coefficient (Wildman–Crippen LogP) is 2.78. The molecule has 0 aliphatic carbocycles. The van der Waals surface area contributed by atoms with Crippen molar-refractivity contribution in [2.75, 3.05) is 11.5 Å². The molecule has 2 aromatic rings. The zero-order chi connectivity index (χ0) is 20.4. The van der Waals surface area contributed by atoms with Crippen LogP contribution in [0.4, 0.5) is 10.1 Å². The number of hydrogen-bond donors (Lipinski definition) is 2. The molecule has 3 rings (SSSR count). The minimum Gasteiger partial charge on any atom is -0.503 e. The molecule has 0 saturated carbocycles. The molecular weight excluding hydrogens is 369 g/mol. The Morgan fingerprint density at radius 3 is 2.43 bits per heavy atom. The van der Waals surface area contributed by atoms with Crippen molar-refractivity contribution >= 4 is 23.3 Å². The summed E-state index contributed by atoms with van der Waals surface area (Å²) < 4.78 is 18.8. The zero-order valence-electron chi connectivity index (χ0n) is 14.8. The fourth-order valence-electron chi connectivity index (χ4n) is 3.07. The number of nitrogens with zero attached hydrogens (tertiary/aromatic N) is 1. The minimum absolute atomic E-state index is 0.123. The molecule has 1 amide bonds. The molecule has 2 N–H and O–H groups in total.